The van der Waals surface area contributed by atoms with Gasteiger partial charge in [-0.1, -0.05) is 30.3 Å². The first-order chi connectivity index (χ1) is 12.4. The Balaban J connectivity index is 1.83. The maximum Gasteiger partial charge on any atom is 0.287 e. The maximum absolute atomic E-state index is 12.6. The van der Waals surface area contributed by atoms with Crippen LogP contribution in [0.15, 0.2) is 57.8 Å². The summed E-state index contributed by atoms with van der Waals surface area (Å²) in [4.78, 5) is 12.6. The Kier molecular flexibility index (Phi) is 5.08. The summed E-state index contributed by atoms with van der Waals surface area (Å²) in [5.74, 6) is -0.232. The zero-order chi connectivity index (χ0) is 18.7. The van der Waals surface area contributed by atoms with Gasteiger partial charge in [0.2, 0.25) is 10.0 Å². The summed E-state index contributed by atoms with van der Waals surface area (Å²) >= 11 is 0. The van der Waals surface area contributed by atoms with E-state index in [0.717, 1.165) is 5.39 Å². The van der Waals surface area contributed by atoms with E-state index in [1.165, 1.54) is 12.1 Å². The minimum atomic E-state index is -3.80. The van der Waals surface area contributed by atoms with Crippen LogP contribution in [0.2, 0.25) is 0 Å². The number of nitrogens with two attached hydrogens (primary N) is 1. The second-order valence-corrected chi connectivity index (χ2v) is 7.28. The molecular weight excluding hydrogens is 356 g/mol. The average molecular weight is 374 g/mol. The van der Waals surface area contributed by atoms with Gasteiger partial charge in [0.05, 0.1) is 11.5 Å². The number of sulfonamides is 1. The zero-order valence-electron chi connectivity index (χ0n) is 14.1. The Morgan fingerprint density at radius 3 is 2.69 bits per heavy atom. The summed E-state index contributed by atoms with van der Waals surface area (Å²) in [5.41, 5.74) is 1.87. The molecule has 0 spiro atoms. The van der Waals surface area contributed by atoms with Crippen LogP contribution in [0.5, 0.6) is 0 Å². The SMILES string of the molecule is COCc1c(C(=O)NCc2cccc(S(N)(=O)=O)c2)oc2ccccc12. The van der Waals surface area contributed by atoms with Crippen molar-refractivity contribution in [3.8, 4) is 0 Å². The molecule has 1 heterocycles. The fraction of sp³-hybridized carbons (Fsp3) is 0.167. The van der Waals surface area contributed by atoms with Crippen LogP contribution in [0.25, 0.3) is 11.0 Å². The van der Waals surface area contributed by atoms with Gasteiger partial charge in [0, 0.05) is 24.6 Å². The molecule has 26 heavy (non-hydrogen) atoms. The highest BCUT2D eigenvalue weighted by molar-refractivity contribution is 7.89. The van der Waals surface area contributed by atoms with Gasteiger partial charge in [0.15, 0.2) is 5.76 Å². The molecule has 8 heteroatoms. The van der Waals surface area contributed by atoms with Crippen molar-refractivity contribution in [3.63, 3.8) is 0 Å². The summed E-state index contributed by atoms with van der Waals surface area (Å²) in [6.45, 7) is 0.367. The second kappa shape index (κ2) is 7.28. The highest BCUT2D eigenvalue weighted by atomic mass is 32.2. The molecule has 1 aromatic heterocycles. The van der Waals surface area contributed by atoms with Gasteiger partial charge in [0.1, 0.15) is 5.58 Å². The molecule has 1 amide bonds. The van der Waals surface area contributed by atoms with E-state index in [1.807, 2.05) is 18.2 Å². The van der Waals surface area contributed by atoms with Crippen LogP contribution in [0.1, 0.15) is 21.7 Å². The number of methoxy groups -OCH3 is 1. The number of fused-ring (bicyclic) bond motifs is 1. The maximum atomic E-state index is 12.6. The second-order valence-electron chi connectivity index (χ2n) is 5.71. The summed E-state index contributed by atoms with van der Waals surface area (Å²) in [5, 5.41) is 8.67. The first-order valence-corrected chi connectivity index (χ1v) is 9.34. The largest absolute Gasteiger partial charge is 0.451 e. The van der Waals surface area contributed by atoms with Gasteiger partial charge >= 0.3 is 0 Å². The van der Waals surface area contributed by atoms with E-state index >= 15 is 0 Å². The summed E-state index contributed by atoms with van der Waals surface area (Å²) in [6, 6.07) is 13.4. The van der Waals surface area contributed by atoms with Crippen molar-refractivity contribution in [1.29, 1.82) is 0 Å². The first-order valence-electron chi connectivity index (χ1n) is 7.79. The molecule has 3 aromatic rings. The lowest BCUT2D eigenvalue weighted by Gasteiger charge is -2.07. The third-order valence-electron chi connectivity index (χ3n) is 3.87. The molecule has 0 saturated heterocycles. The molecular formula is C18H18N2O5S. The molecule has 0 radical (unpaired) electrons. The first kappa shape index (κ1) is 18.1. The standard InChI is InChI=1S/C18H18N2O5S/c1-24-11-15-14-7-2-3-8-16(14)25-17(15)18(21)20-10-12-5-4-6-13(9-12)26(19,22)23/h2-9H,10-11H2,1H3,(H,20,21)(H2,19,22,23). The van der Waals surface area contributed by atoms with Gasteiger partial charge in [0.25, 0.3) is 5.91 Å². The van der Waals surface area contributed by atoms with Crippen LogP contribution in [0.3, 0.4) is 0 Å². The predicted molar refractivity (Wildman–Crippen MR) is 95.9 cm³/mol. The Labute approximate surface area is 150 Å². The Morgan fingerprint density at radius 2 is 1.96 bits per heavy atom. The summed E-state index contributed by atoms with van der Waals surface area (Å²) < 4.78 is 33.7. The molecule has 0 bridgehead atoms. The number of hydrogen-bond acceptors (Lipinski definition) is 5. The summed E-state index contributed by atoms with van der Waals surface area (Å²) in [6.07, 6.45) is 0. The smallest absolute Gasteiger partial charge is 0.287 e. The minimum Gasteiger partial charge on any atom is -0.451 e. The summed E-state index contributed by atoms with van der Waals surface area (Å²) in [7, 11) is -2.25. The van der Waals surface area contributed by atoms with E-state index in [-0.39, 0.29) is 23.8 Å². The normalized spacial score (nSPS) is 11.6. The fourth-order valence-electron chi connectivity index (χ4n) is 2.66. The van der Waals surface area contributed by atoms with E-state index < -0.39 is 15.9 Å². The molecule has 2 aromatic carbocycles. The van der Waals surface area contributed by atoms with Crippen LogP contribution < -0.4 is 10.5 Å². The number of primary sulfonamides is 1. The fourth-order valence-corrected chi connectivity index (χ4v) is 3.25. The van der Waals surface area contributed by atoms with Gasteiger partial charge in [-0.25, -0.2) is 13.6 Å². The number of para-hydroxylation sites is 1. The van der Waals surface area contributed by atoms with Crippen LogP contribution >= 0.6 is 0 Å². The van der Waals surface area contributed by atoms with E-state index in [0.29, 0.717) is 16.7 Å². The van der Waals surface area contributed by atoms with Crippen LogP contribution in [-0.4, -0.2) is 21.4 Å². The van der Waals surface area contributed by atoms with Crippen molar-refractivity contribution in [2.24, 2.45) is 5.14 Å². The van der Waals surface area contributed by atoms with Crippen LogP contribution in [0.4, 0.5) is 0 Å². The van der Waals surface area contributed by atoms with Gasteiger partial charge < -0.3 is 14.5 Å². The van der Waals surface area contributed by atoms with Gasteiger partial charge in [-0.05, 0) is 23.8 Å². The van der Waals surface area contributed by atoms with E-state index in [2.05, 4.69) is 5.32 Å². The minimum absolute atomic E-state index is 0.00643. The third-order valence-corrected chi connectivity index (χ3v) is 4.78. The van der Waals surface area contributed by atoms with Crippen molar-refractivity contribution in [2.75, 3.05) is 7.11 Å². The topological polar surface area (TPSA) is 112 Å². The number of hydrogen-bond donors (Lipinski definition) is 2. The quantitative estimate of drug-likeness (QED) is 0.687. The molecule has 0 unspecified atom stereocenters. The predicted octanol–water partition coefficient (Wildman–Crippen LogP) is 2.16. The molecule has 136 valence electrons. The molecule has 0 aliphatic heterocycles. The monoisotopic (exact) mass is 374 g/mol. The number of carbonyl (C=O) groups excluding carboxylic acids is 1. The number of rotatable bonds is 6. The number of furan rings is 1. The molecule has 3 N–H and O–H groups in total. The Morgan fingerprint density at radius 1 is 1.19 bits per heavy atom. The molecule has 0 fully saturated rings. The van der Waals surface area contributed by atoms with Crippen molar-refractivity contribution in [1.82, 2.24) is 5.32 Å². The lowest BCUT2D eigenvalue weighted by molar-refractivity contribution is 0.0918. The number of benzene rings is 2. The van der Waals surface area contributed by atoms with Crippen molar-refractivity contribution in [2.45, 2.75) is 18.0 Å². The number of nitrogens with one attached hydrogen (secondary N) is 1. The van der Waals surface area contributed by atoms with Crippen molar-refractivity contribution in [3.05, 3.63) is 65.4 Å². The molecule has 3 rings (SSSR count). The van der Waals surface area contributed by atoms with Gasteiger partial charge in [-0.15, -0.1) is 0 Å². The lowest BCUT2D eigenvalue weighted by atomic mass is 10.1. The van der Waals surface area contributed by atoms with Gasteiger partial charge in [-0.2, -0.15) is 0 Å². The van der Waals surface area contributed by atoms with E-state index in [4.69, 9.17) is 14.3 Å². The lowest BCUT2D eigenvalue weighted by Crippen LogP contribution is -2.23. The highest BCUT2D eigenvalue weighted by Crippen LogP contribution is 2.26. The van der Waals surface area contributed by atoms with E-state index in [9.17, 15) is 13.2 Å². The molecule has 0 saturated carbocycles. The van der Waals surface area contributed by atoms with Gasteiger partial charge in [-0.3, -0.25) is 4.79 Å². The number of ether oxygens (including phenoxy) is 1. The average Bonchev–Trinajstić information content (AvgIpc) is 2.98. The van der Waals surface area contributed by atoms with Crippen LogP contribution in [-0.2, 0) is 27.9 Å². The Hall–Kier alpha value is -2.68. The highest BCUT2D eigenvalue weighted by Gasteiger charge is 2.20. The molecule has 7 nitrogen and oxygen atoms in total. The molecule has 0 aliphatic rings. The third kappa shape index (κ3) is 3.77. The van der Waals surface area contributed by atoms with E-state index in [1.54, 1.807) is 25.3 Å². The van der Waals surface area contributed by atoms with Crippen molar-refractivity contribution < 1.29 is 22.4 Å². The number of carbonyl (C=O) groups is 1. The Bertz CT molecular complexity index is 1060. The molecule has 0 aliphatic carbocycles. The zero-order valence-corrected chi connectivity index (χ0v) is 14.9. The van der Waals surface area contributed by atoms with Crippen LogP contribution in [0, 0.1) is 0 Å². The van der Waals surface area contributed by atoms with Crippen molar-refractivity contribution >= 4 is 26.9 Å². The molecule has 0 atom stereocenters. The number of amides is 1.